The molecule has 2 nitrogen and oxygen atoms in total. The van der Waals surface area contributed by atoms with Crippen LogP contribution in [0, 0.1) is 0 Å². The fourth-order valence-electron chi connectivity index (χ4n) is 1.42. The number of hydrogen-bond acceptors (Lipinski definition) is 1. The number of nitrogens with zero attached hydrogens (tertiary/aromatic N) is 1. The molecule has 1 aromatic carbocycles. The van der Waals surface area contributed by atoms with Crippen LogP contribution in [0.4, 0.5) is 0 Å². The molecule has 0 saturated carbocycles. The topological polar surface area (TPSA) is 13.1 Å². The average molecular weight is 186 g/mol. The Balaban J connectivity index is 2.51. The second kappa shape index (κ2) is 3.92. The number of rotatable bonds is 2. The Labute approximate surface area is 83.4 Å². The summed E-state index contributed by atoms with van der Waals surface area (Å²) in [4.78, 5) is 5.22. The van der Waals surface area contributed by atoms with E-state index in [0.717, 1.165) is 11.3 Å². The van der Waals surface area contributed by atoms with Crippen molar-refractivity contribution in [3.05, 3.63) is 54.7 Å². The third-order valence-electron chi connectivity index (χ3n) is 2.09. The van der Waals surface area contributed by atoms with E-state index in [1.807, 2.05) is 42.6 Å². The summed E-state index contributed by atoms with van der Waals surface area (Å²) in [6.07, 6.45) is 1.89. The first-order chi connectivity index (χ1) is 6.92. The molecule has 2 aromatic rings. The summed E-state index contributed by atoms with van der Waals surface area (Å²) in [5.41, 5.74) is 2.20. The zero-order chi connectivity index (χ0) is 9.80. The zero-order valence-electron chi connectivity index (χ0n) is 8.05. The summed E-state index contributed by atoms with van der Waals surface area (Å²) in [5.74, 6) is 0. The molecule has 1 heterocycles. The van der Waals surface area contributed by atoms with Gasteiger partial charge in [0.05, 0.1) is 5.56 Å². The fraction of sp³-hybridized carbons (Fsp3) is 0.0833. The van der Waals surface area contributed by atoms with Gasteiger partial charge in [0, 0.05) is 16.9 Å². The van der Waals surface area contributed by atoms with Crippen molar-refractivity contribution in [1.29, 1.82) is 0 Å². The minimum absolute atomic E-state index is 1.05. The number of aromatic nitrogens is 1. The highest BCUT2D eigenvalue weighted by Gasteiger charge is 2.11. The molecule has 0 aliphatic carbocycles. The molecule has 2 heteroatoms. The second-order valence-corrected chi connectivity index (χ2v) is 2.96. The fourth-order valence-corrected chi connectivity index (χ4v) is 1.42. The van der Waals surface area contributed by atoms with Gasteiger partial charge in [0.2, 0.25) is 6.20 Å². The van der Waals surface area contributed by atoms with E-state index < -0.39 is 0 Å². The maximum Gasteiger partial charge on any atom is 0.264 e. The first-order valence-electron chi connectivity index (χ1n) is 4.52. The summed E-state index contributed by atoms with van der Waals surface area (Å²) in [5, 5.41) is 0. The Morgan fingerprint density at radius 1 is 0.929 bits per heavy atom. The van der Waals surface area contributed by atoms with Crippen LogP contribution in [-0.2, 0) is 0 Å². The number of hydrogen-bond donors (Lipinski definition) is 0. The predicted octanol–water partition coefficient (Wildman–Crippen LogP) is 1.70. The van der Waals surface area contributed by atoms with E-state index in [0.29, 0.717) is 0 Å². The van der Waals surface area contributed by atoms with Crippen molar-refractivity contribution in [2.24, 2.45) is 0 Å². The van der Waals surface area contributed by atoms with Crippen LogP contribution in [0.1, 0.15) is 0 Å². The molecule has 0 N–H and O–H groups in total. The molecule has 0 atom stereocenters. The molecule has 0 fully saturated rings. The van der Waals surface area contributed by atoms with Gasteiger partial charge in [0.1, 0.15) is 7.11 Å². The van der Waals surface area contributed by atoms with Crippen molar-refractivity contribution < 1.29 is 9.57 Å². The number of benzene rings is 1. The predicted molar refractivity (Wildman–Crippen MR) is 54.6 cm³/mol. The highest BCUT2D eigenvalue weighted by molar-refractivity contribution is 5.55. The van der Waals surface area contributed by atoms with Crippen molar-refractivity contribution in [2.75, 3.05) is 7.11 Å². The van der Waals surface area contributed by atoms with Crippen molar-refractivity contribution in [3.8, 4) is 11.3 Å². The standard InChI is InChI=1S/C12H12NO/c1-14-13-10-6-5-9-12(13)11-7-3-2-4-8-11/h2-10H,1H3/q+1. The van der Waals surface area contributed by atoms with Gasteiger partial charge in [-0.25, -0.2) is 0 Å². The monoisotopic (exact) mass is 186 g/mol. The molecular formula is C12H12NO+. The smallest absolute Gasteiger partial charge is 0.264 e. The summed E-state index contributed by atoms with van der Waals surface area (Å²) in [6, 6.07) is 16.1. The molecule has 70 valence electrons. The lowest BCUT2D eigenvalue weighted by atomic mass is 10.1. The molecular weight excluding hydrogens is 174 g/mol. The third-order valence-corrected chi connectivity index (χ3v) is 2.09. The quantitative estimate of drug-likeness (QED) is 0.651. The average Bonchev–Trinajstić information content (AvgIpc) is 2.30. The van der Waals surface area contributed by atoms with Gasteiger partial charge >= 0.3 is 0 Å². The Hall–Kier alpha value is -1.83. The van der Waals surface area contributed by atoms with Crippen molar-refractivity contribution >= 4 is 0 Å². The van der Waals surface area contributed by atoms with Gasteiger partial charge in [0.15, 0.2) is 0 Å². The highest BCUT2D eigenvalue weighted by atomic mass is 16.6. The number of pyridine rings is 1. The van der Waals surface area contributed by atoms with Gasteiger partial charge in [-0.2, -0.15) is 0 Å². The van der Waals surface area contributed by atoms with Crippen LogP contribution in [0.15, 0.2) is 54.7 Å². The second-order valence-electron chi connectivity index (χ2n) is 2.96. The van der Waals surface area contributed by atoms with Gasteiger partial charge in [-0.3, -0.25) is 4.84 Å². The van der Waals surface area contributed by atoms with Crippen LogP contribution >= 0.6 is 0 Å². The summed E-state index contributed by atoms with van der Waals surface area (Å²) < 4.78 is 1.75. The van der Waals surface area contributed by atoms with Crippen LogP contribution in [0.2, 0.25) is 0 Å². The summed E-state index contributed by atoms with van der Waals surface area (Å²) >= 11 is 0. The molecule has 0 bridgehead atoms. The van der Waals surface area contributed by atoms with E-state index in [-0.39, 0.29) is 0 Å². The van der Waals surface area contributed by atoms with Crippen molar-refractivity contribution in [2.45, 2.75) is 0 Å². The normalized spacial score (nSPS) is 9.79. The lowest BCUT2D eigenvalue weighted by Crippen LogP contribution is -2.42. The zero-order valence-corrected chi connectivity index (χ0v) is 8.05. The molecule has 0 saturated heterocycles. The molecule has 0 unspecified atom stereocenters. The Morgan fingerprint density at radius 3 is 2.36 bits per heavy atom. The van der Waals surface area contributed by atoms with Crippen LogP contribution in [0.5, 0.6) is 0 Å². The first kappa shape index (κ1) is 8.75. The van der Waals surface area contributed by atoms with E-state index in [1.165, 1.54) is 0 Å². The molecule has 0 radical (unpaired) electrons. The lowest BCUT2D eigenvalue weighted by molar-refractivity contribution is -0.876. The largest absolute Gasteiger partial charge is 0.274 e. The molecule has 0 aliphatic rings. The molecule has 14 heavy (non-hydrogen) atoms. The SMILES string of the molecule is CO[n+]1ccccc1-c1ccccc1. The van der Waals surface area contributed by atoms with Crippen LogP contribution in [-0.4, -0.2) is 7.11 Å². The van der Waals surface area contributed by atoms with E-state index in [4.69, 9.17) is 4.84 Å². The van der Waals surface area contributed by atoms with Crippen LogP contribution in [0.3, 0.4) is 0 Å². The maximum atomic E-state index is 5.22. The van der Waals surface area contributed by atoms with Crippen LogP contribution in [0.25, 0.3) is 11.3 Å². The Kier molecular flexibility index (Phi) is 2.45. The molecule has 0 spiro atoms. The van der Waals surface area contributed by atoms with E-state index in [9.17, 15) is 0 Å². The van der Waals surface area contributed by atoms with Crippen LogP contribution < -0.4 is 9.57 Å². The molecule has 1 aromatic heterocycles. The van der Waals surface area contributed by atoms with Gasteiger partial charge in [-0.05, 0) is 18.2 Å². The highest BCUT2D eigenvalue weighted by Crippen LogP contribution is 2.12. The van der Waals surface area contributed by atoms with Gasteiger partial charge < -0.3 is 0 Å². The van der Waals surface area contributed by atoms with Gasteiger partial charge in [0.25, 0.3) is 5.69 Å². The minimum atomic E-state index is 1.05. The molecule has 0 aliphatic heterocycles. The first-order valence-corrected chi connectivity index (χ1v) is 4.52. The molecule has 0 amide bonds. The lowest BCUT2D eigenvalue weighted by Gasteiger charge is -1.98. The maximum absolute atomic E-state index is 5.22. The molecule has 2 rings (SSSR count). The van der Waals surface area contributed by atoms with E-state index >= 15 is 0 Å². The van der Waals surface area contributed by atoms with E-state index in [2.05, 4.69) is 12.1 Å². The summed E-state index contributed by atoms with van der Waals surface area (Å²) in [7, 11) is 1.66. The Morgan fingerprint density at radius 2 is 1.64 bits per heavy atom. The van der Waals surface area contributed by atoms with Crippen molar-refractivity contribution in [3.63, 3.8) is 0 Å². The third kappa shape index (κ3) is 1.59. The van der Waals surface area contributed by atoms with E-state index in [1.54, 1.807) is 11.8 Å². The summed E-state index contributed by atoms with van der Waals surface area (Å²) in [6.45, 7) is 0. The van der Waals surface area contributed by atoms with Gasteiger partial charge in [-0.15, -0.1) is 0 Å². The minimum Gasteiger partial charge on any atom is -0.274 e. The van der Waals surface area contributed by atoms with Gasteiger partial charge in [-0.1, -0.05) is 18.2 Å². The van der Waals surface area contributed by atoms with Crippen molar-refractivity contribution in [1.82, 2.24) is 0 Å². The Bertz CT molecular complexity index is 412.